The van der Waals surface area contributed by atoms with Crippen LogP contribution in [0, 0.1) is 0 Å². The molecule has 0 aromatic carbocycles. The number of aromatic nitrogens is 2. The summed E-state index contributed by atoms with van der Waals surface area (Å²) in [4.78, 5) is 8.24. The molecule has 156 valence electrons. The van der Waals surface area contributed by atoms with E-state index >= 15 is 0 Å². The largest absolute Gasteiger partial charge is 0.494 e. The summed E-state index contributed by atoms with van der Waals surface area (Å²) in [5.74, 6) is 1.67. The summed E-state index contributed by atoms with van der Waals surface area (Å²) in [6, 6.07) is 8.31. The smallest absolute Gasteiger partial charge is 0.148 e. The Labute approximate surface area is 175 Å². The van der Waals surface area contributed by atoms with Gasteiger partial charge in [-0.2, -0.15) is 0 Å². The van der Waals surface area contributed by atoms with Crippen molar-refractivity contribution in [2.75, 3.05) is 7.11 Å². The number of unbranched alkanes of at least 4 members (excludes halogenated alkanes) is 8. The maximum Gasteiger partial charge on any atom is 0.148 e. The first-order valence-electron chi connectivity index (χ1n) is 11.2. The van der Waals surface area contributed by atoms with E-state index in [4.69, 9.17) is 9.73 Å². The maximum absolute atomic E-state index is 5.52. The summed E-state index contributed by atoms with van der Waals surface area (Å²) in [5, 5.41) is 0. The second-order valence-corrected chi connectivity index (χ2v) is 7.82. The molecule has 4 nitrogen and oxygen atoms in total. The highest BCUT2D eigenvalue weighted by Crippen LogP contribution is 2.23. The zero-order valence-corrected chi connectivity index (χ0v) is 18.0. The molecule has 0 unspecified atom stereocenters. The van der Waals surface area contributed by atoms with Crippen molar-refractivity contribution < 1.29 is 4.74 Å². The van der Waals surface area contributed by atoms with Crippen molar-refractivity contribution in [2.24, 2.45) is 4.99 Å². The van der Waals surface area contributed by atoms with Crippen LogP contribution in [0.3, 0.4) is 0 Å². The molecule has 29 heavy (non-hydrogen) atoms. The van der Waals surface area contributed by atoms with Gasteiger partial charge in [-0.1, -0.05) is 58.3 Å². The van der Waals surface area contributed by atoms with Gasteiger partial charge in [0.1, 0.15) is 17.3 Å². The normalized spacial score (nSPS) is 15.0. The standard InChI is InChI=1S/C25H35N3O/c1-3-4-5-6-7-8-9-10-11-14-21-15-16-22(26-21)19-23-24(29-2)20-25(27-23)28-17-12-13-18-28/h12-13,15-20,26H,3-11,14H2,1-2H3. The lowest BCUT2D eigenvalue weighted by molar-refractivity contribution is 0.303. The number of hydrogen-bond donors (Lipinski definition) is 1. The van der Waals surface area contributed by atoms with Gasteiger partial charge in [0.2, 0.25) is 0 Å². The quantitative estimate of drug-likeness (QED) is 0.400. The number of hydrogen-bond acceptors (Lipinski definition) is 2. The first-order valence-corrected chi connectivity index (χ1v) is 11.2. The van der Waals surface area contributed by atoms with Crippen molar-refractivity contribution >= 4 is 11.9 Å². The lowest BCUT2D eigenvalue weighted by Crippen LogP contribution is -2.03. The third kappa shape index (κ3) is 6.52. The fraction of sp³-hybridized carbons (Fsp3) is 0.480. The summed E-state index contributed by atoms with van der Waals surface area (Å²) in [6.45, 7) is 2.28. The van der Waals surface area contributed by atoms with Gasteiger partial charge in [0, 0.05) is 29.9 Å². The highest BCUT2D eigenvalue weighted by atomic mass is 16.5. The van der Waals surface area contributed by atoms with E-state index in [1.165, 1.54) is 63.5 Å². The van der Waals surface area contributed by atoms with Crippen molar-refractivity contribution in [1.82, 2.24) is 9.55 Å². The van der Waals surface area contributed by atoms with E-state index in [1.54, 1.807) is 7.11 Å². The fourth-order valence-electron chi connectivity index (χ4n) is 3.75. The van der Waals surface area contributed by atoms with Gasteiger partial charge in [-0.15, -0.1) is 0 Å². The molecule has 0 aliphatic carbocycles. The first-order chi connectivity index (χ1) is 14.3. The first kappa shape index (κ1) is 21.2. The van der Waals surface area contributed by atoms with Crippen molar-refractivity contribution in [3.05, 3.63) is 65.6 Å². The Balaban J connectivity index is 1.44. The molecule has 0 fully saturated rings. The van der Waals surface area contributed by atoms with Crippen LogP contribution in [0.4, 0.5) is 0 Å². The second-order valence-electron chi connectivity index (χ2n) is 7.82. The third-order valence-electron chi connectivity index (χ3n) is 5.45. The van der Waals surface area contributed by atoms with E-state index < -0.39 is 0 Å². The monoisotopic (exact) mass is 393 g/mol. The number of rotatable bonds is 12. The van der Waals surface area contributed by atoms with Gasteiger partial charge < -0.3 is 14.3 Å². The highest BCUT2D eigenvalue weighted by molar-refractivity contribution is 5.99. The van der Waals surface area contributed by atoms with Gasteiger partial charge in [0.25, 0.3) is 0 Å². The van der Waals surface area contributed by atoms with Crippen molar-refractivity contribution in [1.29, 1.82) is 0 Å². The number of aliphatic imine (C=N–C) groups is 1. The molecular weight excluding hydrogens is 358 g/mol. The van der Waals surface area contributed by atoms with Gasteiger partial charge in [0.05, 0.1) is 7.11 Å². The predicted octanol–water partition coefficient (Wildman–Crippen LogP) is 6.72. The number of nitrogens with zero attached hydrogens (tertiary/aromatic N) is 2. The number of nitrogens with one attached hydrogen (secondary N) is 1. The number of aromatic amines is 1. The Morgan fingerprint density at radius 2 is 1.66 bits per heavy atom. The van der Waals surface area contributed by atoms with Crippen molar-refractivity contribution in [2.45, 2.75) is 71.1 Å². The minimum absolute atomic E-state index is 0.795. The molecule has 1 aliphatic rings. The molecule has 3 heterocycles. The lowest BCUT2D eigenvalue weighted by atomic mass is 10.1. The summed E-state index contributed by atoms with van der Waals surface area (Å²) < 4.78 is 7.51. The van der Waals surface area contributed by atoms with Crippen LogP contribution in [0.5, 0.6) is 0 Å². The second kappa shape index (κ2) is 11.5. The van der Waals surface area contributed by atoms with Crippen LogP contribution in [0.15, 0.2) is 59.2 Å². The van der Waals surface area contributed by atoms with Gasteiger partial charge in [-0.25, -0.2) is 4.99 Å². The van der Waals surface area contributed by atoms with E-state index in [1.807, 2.05) is 35.2 Å². The van der Waals surface area contributed by atoms with E-state index in [0.717, 1.165) is 29.4 Å². The molecule has 2 aromatic rings. The average Bonchev–Trinajstić information content (AvgIpc) is 3.48. The molecule has 0 radical (unpaired) electrons. The van der Waals surface area contributed by atoms with Gasteiger partial charge in [0.15, 0.2) is 0 Å². The lowest BCUT2D eigenvalue weighted by Gasteiger charge is -2.02. The number of methoxy groups -OCH3 is 1. The van der Waals surface area contributed by atoms with E-state index in [-0.39, 0.29) is 0 Å². The van der Waals surface area contributed by atoms with Crippen LogP contribution in [-0.4, -0.2) is 22.5 Å². The zero-order chi connectivity index (χ0) is 20.3. The minimum Gasteiger partial charge on any atom is -0.494 e. The summed E-state index contributed by atoms with van der Waals surface area (Å²) in [5.41, 5.74) is 3.23. The third-order valence-corrected chi connectivity index (χ3v) is 5.45. The molecule has 2 aromatic heterocycles. The highest BCUT2D eigenvalue weighted by Gasteiger charge is 2.16. The van der Waals surface area contributed by atoms with Crippen LogP contribution < -0.4 is 0 Å². The SMILES string of the molecule is CCCCCCCCCCCc1ccc(C=C2N=C(n3cccc3)C=C2OC)[nH]1. The number of ether oxygens (including phenoxy) is 1. The number of aryl methyl sites for hydroxylation is 1. The number of allylic oxidation sites excluding steroid dienone is 1. The molecule has 0 bridgehead atoms. The minimum atomic E-state index is 0.795. The van der Waals surface area contributed by atoms with Crippen molar-refractivity contribution in [3.63, 3.8) is 0 Å². The fourth-order valence-corrected chi connectivity index (χ4v) is 3.75. The van der Waals surface area contributed by atoms with Crippen LogP contribution in [0.25, 0.3) is 6.08 Å². The summed E-state index contributed by atoms with van der Waals surface area (Å²) in [6.07, 6.45) is 21.4. The zero-order valence-electron chi connectivity index (χ0n) is 18.0. The molecule has 0 saturated carbocycles. The molecular formula is C25H35N3O. The Kier molecular flexibility index (Phi) is 8.41. The van der Waals surface area contributed by atoms with E-state index in [2.05, 4.69) is 30.1 Å². The van der Waals surface area contributed by atoms with E-state index in [9.17, 15) is 0 Å². The van der Waals surface area contributed by atoms with Crippen LogP contribution in [0.1, 0.15) is 76.1 Å². The molecule has 4 heteroatoms. The predicted molar refractivity (Wildman–Crippen MR) is 122 cm³/mol. The molecule has 1 N–H and O–H groups in total. The molecule has 1 aliphatic heterocycles. The van der Waals surface area contributed by atoms with Gasteiger partial charge in [-0.3, -0.25) is 0 Å². The van der Waals surface area contributed by atoms with Gasteiger partial charge >= 0.3 is 0 Å². The Morgan fingerprint density at radius 3 is 2.34 bits per heavy atom. The van der Waals surface area contributed by atoms with Gasteiger partial charge in [-0.05, 0) is 43.2 Å². The summed E-state index contributed by atoms with van der Waals surface area (Å²) in [7, 11) is 1.69. The van der Waals surface area contributed by atoms with Crippen molar-refractivity contribution in [3.8, 4) is 0 Å². The number of H-pyrrole nitrogens is 1. The average molecular weight is 394 g/mol. The molecule has 0 amide bonds. The van der Waals surface area contributed by atoms with Crippen LogP contribution in [0.2, 0.25) is 0 Å². The molecule has 0 atom stereocenters. The topological polar surface area (TPSA) is 42.3 Å². The maximum atomic E-state index is 5.52. The Morgan fingerprint density at radius 1 is 0.966 bits per heavy atom. The molecule has 0 spiro atoms. The Bertz CT molecular complexity index is 824. The Hall–Kier alpha value is -2.49. The van der Waals surface area contributed by atoms with Crippen LogP contribution >= 0.6 is 0 Å². The van der Waals surface area contributed by atoms with E-state index in [0.29, 0.717) is 0 Å². The van der Waals surface area contributed by atoms with Crippen LogP contribution in [-0.2, 0) is 11.2 Å². The molecule has 0 saturated heterocycles. The molecule has 3 rings (SSSR count). The summed E-state index contributed by atoms with van der Waals surface area (Å²) >= 11 is 0.